The molecule has 32 heavy (non-hydrogen) atoms. The van der Waals surface area contributed by atoms with Crippen molar-refractivity contribution in [3.63, 3.8) is 0 Å². The highest BCUT2D eigenvalue weighted by molar-refractivity contribution is 6.31. The lowest BCUT2D eigenvalue weighted by Crippen LogP contribution is -2.38. The minimum absolute atomic E-state index is 0.648. The molecule has 3 aromatic rings. The topological polar surface area (TPSA) is 50.7 Å². The van der Waals surface area contributed by atoms with Crippen LogP contribution in [0.5, 0.6) is 11.6 Å². The third-order valence-electron chi connectivity index (χ3n) is 6.04. The number of halogens is 1. The normalized spacial score (nSPS) is 16.6. The zero-order valence-electron chi connectivity index (χ0n) is 18.3. The van der Waals surface area contributed by atoms with Crippen LogP contribution in [-0.2, 0) is 24.2 Å². The number of hydrogen-bond donors (Lipinski definition) is 0. The Kier molecular flexibility index (Phi) is 6.26. The van der Waals surface area contributed by atoms with Crippen LogP contribution in [0.25, 0.3) is 0 Å². The fourth-order valence-corrected chi connectivity index (χ4v) is 4.39. The van der Waals surface area contributed by atoms with E-state index in [2.05, 4.69) is 28.9 Å². The molecule has 1 saturated heterocycles. The van der Waals surface area contributed by atoms with Gasteiger partial charge < -0.3 is 14.4 Å². The first-order valence-electron chi connectivity index (χ1n) is 11.1. The Hall–Kier alpha value is -2.67. The summed E-state index contributed by atoms with van der Waals surface area (Å²) >= 11 is 6.41. The van der Waals surface area contributed by atoms with E-state index in [1.807, 2.05) is 36.4 Å². The van der Waals surface area contributed by atoms with Crippen LogP contribution >= 0.6 is 11.6 Å². The van der Waals surface area contributed by atoms with E-state index in [9.17, 15) is 0 Å². The molecule has 2 aliphatic rings. The van der Waals surface area contributed by atoms with Crippen LogP contribution in [0, 0.1) is 6.92 Å². The van der Waals surface area contributed by atoms with E-state index in [1.54, 1.807) is 0 Å². The van der Waals surface area contributed by atoms with Gasteiger partial charge in [-0.3, -0.25) is 4.90 Å². The summed E-state index contributed by atoms with van der Waals surface area (Å²) in [5.41, 5.74) is 4.34. The zero-order valence-corrected chi connectivity index (χ0v) is 19.0. The Morgan fingerprint density at radius 2 is 1.78 bits per heavy atom. The number of rotatable bonds is 5. The summed E-state index contributed by atoms with van der Waals surface area (Å²) in [5, 5.41) is 0.800. The lowest BCUT2D eigenvalue weighted by atomic mass is 10.1. The lowest BCUT2D eigenvalue weighted by Gasteiger charge is -2.32. The number of aromatic nitrogens is 2. The van der Waals surface area contributed by atoms with Gasteiger partial charge >= 0.3 is 0 Å². The van der Waals surface area contributed by atoms with Gasteiger partial charge in [0.1, 0.15) is 5.75 Å². The summed E-state index contributed by atoms with van der Waals surface area (Å²) in [6.45, 7) is 7.46. The van der Waals surface area contributed by atoms with E-state index in [4.69, 9.17) is 31.0 Å². The summed E-state index contributed by atoms with van der Waals surface area (Å²) in [6.07, 6.45) is 0.851. The molecular formula is C25H27ClN4O2. The Morgan fingerprint density at radius 1 is 1.00 bits per heavy atom. The van der Waals surface area contributed by atoms with Crippen molar-refractivity contribution >= 4 is 17.5 Å². The average molecular weight is 451 g/mol. The largest absolute Gasteiger partial charge is 0.438 e. The highest BCUT2D eigenvalue weighted by Gasteiger charge is 2.26. The van der Waals surface area contributed by atoms with Crippen molar-refractivity contribution in [2.24, 2.45) is 0 Å². The van der Waals surface area contributed by atoms with Crippen LogP contribution in [0.4, 0.5) is 5.95 Å². The maximum Gasteiger partial charge on any atom is 0.229 e. The summed E-state index contributed by atoms with van der Waals surface area (Å²) < 4.78 is 11.9. The van der Waals surface area contributed by atoms with Gasteiger partial charge in [0.05, 0.1) is 24.5 Å². The SMILES string of the molecule is Cc1ccccc1Oc1nc(N2CCOCC2)nc2c1CN(Cc1ccccc1Cl)CC2. The molecule has 1 aromatic heterocycles. The number of benzene rings is 2. The molecule has 0 radical (unpaired) electrons. The van der Waals surface area contributed by atoms with Gasteiger partial charge in [-0.15, -0.1) is 0 Å². The molecule has 7 heteroatoms. The number of anilines is 1. The van der Waals surface area contributed by atoms with E-state index in [0.29, 0.717) is 19.1 Å². The van der Waals surface area contributed by atoms with E-state index >= 15 is 0 Å². The second kappa shape index (κ2) is 9.45. The number of morpholine rings is 1. The quantitative estimate of drug-likeness (QED) is 0.565. The molecular weight excluding hydrogens is 424 g/mol. The Balaban J connectivity index is 1.47. The van der Waals surface area contributed by atoms with Crippen LogP contribution in [-0.4, -0.2) is 47.7 Å². The van der Waals surface area contributed by atoms with Gasteiger partial charge in [0.2, 0.25) is 11.8 Å². The lowest BCUT2D eigenvalue weighted by molar-refractivity contribution is 0.122. The van der Waals surface area contributed by atoms with Crippen molar-refractivity contribution < 1.29 is 9.47 Å². The van der Waals surface area contributed by atoms with Gasteiger partial charge in [0, 0.05) is 44.2 Å². The number of hydrogen-bond acceptors (Lipinski definition) is 6. The first-order valence-corrected chi connectivity index (χ1v) is 11.5. The van der Waals surface area contributed by atoms with Gasteiger partial charge in [-0.25, -0.2) is 4.98 Å². The Morgan fingerprint density at radius 3 is 2.59 bits per heavy atom. The van der Waals surface area contributed by atoms with Crippen LogP contribution in [0.1, 0.15) is 22.4 Å². The van der Waals surface area contributed by atoms with Crippen molar-refractivity contribution in [2.45, 2.75) is 26.4 Å². The predicted octanol–water partition coefficient (Wildman–Crippen LogP) is 4.63. The standard InChI is InChI=1S/C25H27ClN4O2/c1-18-6-2-5-9-23(18)32-24-20-17-29(16-19-7-3-4-8-21(19)26)11-10-22(20)27-25(28-24)30-12-14-31-15-13-30/h2-9H,10-17H2,1H3. The summed E-state index contributed by atoms with van der Waals surface area (Å²) in [6, 6.07) is 16.1. The maximum atomic E-state index is 6.41. The van der Waals surface area contributed by atoms with Gasteiger partial charge in [0.15, 0.2) is 0 Å². The molecule has 6 nitrogen and oxygen atoms in total. The van der Waals surface area contributed by atoms with Gasteiger partial charge in [-0.1, -0.05) is 48.0 Å². The molecule has 0 atom stereocenters. The molecule has 0 bridgehead atoms. The Bertz CT molecular complexity index is 1100. The van der Waals surface area contributed by atoms with Crippen molar-refractivity contribution in [3.05, 3.63) is 75.9 Å². The summed E-state index contributed by atoms with van der Waals surface area (Å²) in [4.78, 5) is 14.4. The molecule has 2 aromatic carbocycles. The number of ether oxygens (including phenoxy) is 2. The monoisotopic (exact) mass is 450 g/mol. The fraction of sp³-hybridized carbons (Fsp3) is 0.360. The van der Waals surface area contributed by atoms with Gasteiger partial charge in [-0.05, 0) is 30.2 Å². The van der Waals surface area contributed by atoms with Crippen molar-refractivity contribution in [1.82, 2.24) is 14.9 Å². The first-order chi connectivity index (χ1) is 15.7. The molecule has 0 spiro atoms. The molecule has 0 aliphatic carbocycles. The van der Waals surface area contributed by atoms with Crippen LogP contribution in [0.15, 0.2) is 48.5 Å². The Labute approximate surface area is 193 Å². The molecule has 166 valence electrons. The molecule has 5 rings (SSSR count). The molecule has 1 fully saturated rings. The molecule has 0 unspecified atom stereocenters. The molecule has 0 N–H and O–H groups in total. The number of aryl methyl sites for hydroxylation is 1. The van der Waals surface area contributed by atoms with E-state index in [1.165, 1.54) is 0 Å². The summed E-state index contributed by atoms with van der Waals surface area (Å²) in [5.74, 6) is 2.20. The highest BCUT2D eigenvalue weighted by atomic mass is 35.5. The highest BCUT2D eigenvalue weighted by Crippen LogP contribution is 2.33. The average Bonchev–Trinajstić information content (AvgIpc) is 2.83. The third kappa shape index (κ3) is 4.58. The van der Waals surface area contributed by atoms with Crippen molar-refractivity contribution in [2.75, 3.05) is 37.7 Å². The minimum atomic E-state index is 0.648. The minimum Gasteiger partial charge on any atom is -0.438 e. The predicted molar refractivity (Wildman–Crippen MR) is 126 cm³/mol. The van der Waals surface area contributed by atoms with E-state index in [0.717, 1.165) is 78.2 Å². The van der Waals surface area contributed by atoms with E-state index < -0.39 is 0 Å². The van der Waals surface area contributed by atoms with Crippen LogP contribution in [0.2, 0.25) is 5.02 Å². The molecule has 0 saturated carbocycles. The summed E-state index contributed by atoms with van der Waals surface area (Å²) in [7, 11) is 0. The second-order valence-electron chi connectivity index (χ2n) is 8.27. The number of nitrogens with zero attached hydrogens (tertiary/aromatic N) is 4. The molecule has 2 aliphatic heterocycles. The van der Waals surface area contributed by atoms with Crippen LogP contribution in [0.3, 0.4) is 0 Å². The van der Waals surface area contributed by atoms with Crippen molar-refractivity contribution in [3.8, 4) is 11.6 Å². The number of para-hydroxylation sites is 1. The second-order valence-corrected chi connectivity index (χ2v) is 8.68. The molecule has 0 amide bonds. The fourth-order valence-electron chi connectivity index (χ4n) is 4.19. The van der Waals surface area contributed by atoms with Gasteiger partial charge in [0.25, 0.3) is 0 Å². The number of fused-ring (bicyclic) bond motifs is 1. The third-order valence-corrected chi connectivity index (χ3v) is 6.40. The molecule has 3 heterocycles. The first kappa shape index (κ1) is 21.2. The zero-order chi connectivity index (χ0) is 21.9. The van der Waals surface area contributed by atoms with Gasteiger partial charge in [-0.2, -0.15) is 4.98 Å². The van der Waals surface area contributed by atoms with Crippen LogP contribution < -0.4 is 9.64 Å². The smallest absolute Gasteiger partial charge is 0.229 e. The van der Waals surface area contributed by atoms with Crippen molar-refractivity contribution in [1.29, 1.82) is 0 Å². The maximum absolute atomic E-state index is 6.41. The van der Waals surface area contributed by atoms with E-state index in [-0.39, 0.29) is 0 Å².